The Morgan fingerprint density at radius 3 is 2.47 bits per heavy atom. The lowest BCUT2D eigenvalue weighted by molar-refractivity contribution is -0.145. The maximum atomic E-state index is 14.0. The van der Waals surface area contributed by atoms with Gasteiger partial charge in [0, 0.05) is 23.7 Å². The van der Waals surface area contributed by atoms with E-state index >= 15 is 0 Å². The lowest BCUT2D eigenvalue weighted by atomic mass is 10.0. The van der Waals surface area contributed by atoms with Gasteiger partial charge in [0.15, 0.2) is 6.29 Å². The normalized spacial score (nSPS) is 16.4. The number of nitrogens with zero attached hydrogens (tertiary/aromatic N) is 2. The molecule has 6 N–H and O–H groups in total. The number of aromatic nitrogens is 2. The van der Waals surface area contributed by atoms with Gasteiger partial charge >= 0.3 is 5.97 Å². The molecule has 0 saturated carbocycles. The third-order valence-electron chi connectivity index (χ3n) is 7.72. The Labute approximate surface area is 261 Å². The molecule has 236 valence electrons. The summed E-state index contributed by atoms with van der Waals surface area (Å²) in [5.74, 6) is -2.26. The Balaban J connectivity index is 1.43. The number of carboxylic acid groups (broad SMARTS) is 1. The zero-order valence-corrected chi connectivity index (χ0v) is 25.9. The summed E-state index contributed by atoms with van der Waals surface area (Å²) in [5.41, 5.74) is 1.18. The molecule has 13 heteroatoms. The molecule has 12 nitrogen and oxygen atoms in total. The van der Waals surface area contributed by atoms with Gasteiger partial charge in [-0.1, -0.05) is 42.5 Å². The predicted molar refractivity (Wildman–Crippen MR) is 172 cm³/mol. The Bertz CT molecular complexity index is 1800. The molecular weight excluding hydrogens is 594 g/mol. The van der Waals surface area contributed by atoms with Crippen LogP contribution in [0.3, 0.4) is 0 Å². The smallest absolute Gasteiger partial charge is 0.345 e. The molecule has 2 unspecified atom stereocenters. The minimum atomic E-state index is -4.44. The van der Waals surface area contributed by atoms with E-state index in [1.807, 2.05) is 36.5 Å². The van der Waals surface area contributed by atoms with Crippen molar-refractivity contribution in [2.45, 2.75) is 56.4 Å². The van der Waals surface area contributed by atoms with Gasteiger partial charge < -0.3 is 10.4 Å². The van der Waals surface area contributed by atoms with Crippen molar-refractivity contribution in [1.82, 2.24) is 30.9 Å². The average Bonchev–Trinajstić information content (AvgIpc) is 3.49. The second-order valence-corrected chi connectivity index (χ2v) is 12.8. The third-order valence-corrected chi connectivity index (χ3v) is 9.52. The summed E-state index contributed by atoms with van der Waals surface area (Å²) in [7, 11) is -4.44. The first-order valence-electron chi connectivity index (χ1n) is 14.8. The SMILES string of the molecule is Cc1cc(-c2ccccc2)cc(C)c1S(=O)(=O)NC(CCCCNC1N=CCCN1)(NC(=O)c1ccc2[nH]ncc2c1)C(=O)O. The lowest BCUT2D eigenvalue weighted by Crippen LogP contribution is -2.65. The number of nitrogens with one attached hydrogen (secondary N) is 5. The number of amides is 1. The minimum absolute atomic E-state index is 0.0372. The standard InChI is InChI=1S/C32H37N7O5S/c1-21-17-25(23-9-4-3-5-10-23)18-22(2)28(21)45(43,44)39-32(30(41)42,13-6-7-14-33-31-34-15-8-16-35-31)37-29(40)24-11-12-27-26(19-24)20-36-38-27/h3-5,9-12,15,17-20,31,33,35,39H,6-8,13-14,16H2,1-2H3,(H,36,38)(H,37,40)(H,41,42). The minimum Gasteiger partial charge on any atom is -0.478 e. The molecular formula is C32H37N7O5S. The number of fused-ring (bicyclic) bond motifs is 1. The van der Waals surface area contributed by atoms with Gasteiger partial charge in [0.25, 0.3) is 5.91 Å². The summed E-state index contributed by atoms with van der Waals surface area (Å²) in [4.78, 5) is 30.8. The van der Waals surface area contributed by atoms with Crippen molar-refractivity contribution >= 4 is 39.0 Å². The fourth-order valence-electron chi connectivity index (χ4n) is 5.54. The molecule has 0 fully saturated rings. The van der Waals surface area contributed by atoms with E-state index < -0.39 is 27.6 Å². The molecule has 0 aliphatic carbocycles. The van der Waals surface area contributed by atoms with Crippen LogP contribution in [-0.2, 0) is 14.8 Å². The number of aromatic amines is 1. The Kier molecular flexibility index (Phi) is 9.73. The molecule has 0 saturated heterocycles. The van der Waals surface area contributed by atoms with E-state index in [1.165, 1.54) is 6.07 Å². The summed E-state index contributed by atoms with van der Waals surface area (Å²) in [6.07, 6.45) is 4.58. The summed E-state index contributed by atoms with van der Waals surface area (Å²) in [6, 6.07) is 17.8. The molecule has 1 aliphatic heterocycles. The second kappa shape index (κ2) is 13.7. The van der Waals surface area contributed by atoms with Gasteiger partial charge in [-0.3, -0.25) is 25.5 Å². The molecule has 0 radical (unpaired) electrons. The summed E-state index contributed by atoms with van der Waals surface area (Å²) < 4.78 is 30.4. The molecule has 2 atom stereocenters. The number of carboxylic acids is 1. The van der Waals surface area contributed by atoms with Crippen molar-refractivity contribution in [2.75, 3.05) is 13.1 Å². The fraction of sp³-hybridized carbons (Fsp3) is 0.312. The highest BCUT2D eigenvalue weighted by Gasteiger charge is 2.44. The van der Waals surface area contributed by atoms with Crippen LogP contribution in [0.4, 0.5) is 0 Å². The number of aryl methyl sites for hydroxylation is 2. The second-order valence-electron chi connectivity index (χ2n) is 11.1. The van der Waals surface area contributed by atoms with Crippen LogP contribution in [0.1, 0.15) is 47.2 Å². The molecule has 1 aliphatic rings. The lowest BCUT2D eigenvalue weighted by Gasteiger charge is -2.32. The largest absolute Gasteiger partial charge is 0.478 e. The molecule has 5 rings (SSSR count). The topological polar surface area (TPSA) is 178 Å². The van der Waals surface area contributed by atoms with Crippen LogP contribution in [0.2, 0.25) is 0 Å². The van der Waals surface area contributed by atoms with Crippen LogP contribution in [0.15, 0.2) is 76.7 Å². The highest BCUT2D eigenvalue weighted by atomic mass is 32.2. The van der Waals surface area contributed by atoms with E-state index in [2.05, 4.69) is 35.9 Å². The van der Waals surface area contributed by atoms with Crippen LogP contribution < -0.4 is 20.7 Å². The first-order valence-corrected chi connectivity index (χ1v) is 16.2. The molecule has 0 bridgehead atoms. The van der Waals surface area contributed by atoms with Crippen molar-refractivity contribution in [2.24, 2.45) is 4.99 Å². The molecule has 4 aromatic rings. The zero-order chi connectivity index (χ0) is 32.0. The first kappa shape index (κ1) is 32.0. The zero-order valence-electron chi connectivity index (χ0n) is 25.1. The predicted octanol–water partition coefficient (Wildman–Crippen LogP) is 3.44. The van der Waals surface area contributed by atoms with E-state index in [1.54, 1.807) is 44.3 Å². The monoisotopic (exact) mass is 631 g/mol. The van der Waals surface area contributed by atoms with Crippen LogP contribution in [0, 0.1) is 13.8 Å². The Hall–Kier alpha value is -4.43. The highest BCUT2D eigenvalue weighted by Crippen LogP contribution is 2.29. The number of unbranched alkanes of at least 4 members (excludes halogenated alkanes) is 1. The van der Waals surface area contributed by atoms with Crippen molar-refractivity contribution in [1.29, 1.82) is 0 Å². The first-order chi connectivity index (χ1) is 21.6. The molecule has 3 aromatic carbocycles. The number of carbonyl (C=O) groups excluding carboxylic acids is 1. The number of rotatable bonds is 13. The number of aliphatic imine (C=N–C) groups is 1. The third kappa shape index (κ3) is 7.45. The van der Waals surface area contributed by atoms with Gasteiger partial charge in [0.2, 0.25) is 15.7 Å². The molecule has 2 heterocycles. The number of hydrogen-bond acceptors (Lipinski definition) is 8. The maximum absolute atomic E-state index is 14.0. The van der Waals surface area contributed by atoms with Gasteiger partial charge in [0.05, 0.1) is 16.6 Å². The quantitative estimate of drug-likeness (QED) is 0.0960. The summed E-state index contributed by atoms with van der Waals surface area (Å²) >= 11 is 0. The molecule has 1 aromatic heterocycles. The average molecular weight is 632 g/mol. The van der Waals surface area contributed by atoms with Crippen LogP contribution >= 0.6 is 0 Å². The summed E-state index contributed by atoms with van der Waals surface area (Å²) in [6.45, 7) is 4.64. The van der Waals surface area contributed by atoms with Crippen molar-refractivity contribution in [3.8, 4) is 11.1 Å². The molecule has 1 amide bonds. The maximum Gasteiger partial charge on any atom is 0.345 e. The number of H-pyrrole nitrogens is 1. The van der Waals surface area contributed by atoms with E-state index in [-0.39, 0.29) is 29.6 Å². The van der Waals surface area contributed by atoms with Gasteiger partial charge in [-0.15, -0.1) is 0 Å². The molecule has 45 heavy (non-hydrogen) atoms. The molecule has 0 spiro atoms. The van der Waals surface area contributed by atoms with E-state index in [4.69, 9.17) is 0 Å². The van der Waals surface area contributed by atoms with E-state index in [0.29, 0.717) is 35.0 Å². The van der Waals surface area contributed by atoms with Gasteiger partial charge in [-0.25, -0.2) is 13.2 Å². The van der Waals surface area contributed by atoms with E-state index in [0.717, 1.165) is 24.1 Å². The summed E-state index contributed by atoms with van der Waals surface area (Å²) in [5, 5.41) is 27.0. The van der Waals surface area contributed by atoms with Crippen molar-refractivity contribution < 1.29 is 23.1 Å². The number of sulfonamides is 1. The Morgan fingerprint density at radius 2 is 1.78 bits per heavy atom. The van der Waals surface area contributed by atoms with Gasteiger partial charge in [0.1, 0.15) is 0 Å². The fourth-order valence-corrected chi connectivity index (χ4v) is 7.31. The number of carbonyl (C=O) groups is 2. The van der Waals surface area contributed by atoms with Gasteiger partial charge in [-0.2, -0.15) is 9.82 Å². The van der Waals surface area contributed by atoms with Crippen LogP contribution in [-0.4, -0.2) is 66.9 Å². The van der Waals surface area contributed by atoms with Crippen molar-refractivity contribution in [3.05, 3.63) is 83.6 Å². The number of aliphatic carboxylic acids is 1. The highest BCUT2D eigenvalue weighted by molar-refractivity contribution is 7.89. The number of hydrogen-bond donors (Lipinski definition) is 6. The Morgan fingerprint density at radius 1 is 1.02 bits per heavy atom. The van der Waals surface area contributed by atoms with Gasteiger partial charge in [-0.05, 0) is 86.5 Å². The van der Waals surface area contributed by atoms with E-state index in [9.17, 15) is 23.1 Å². The van der Waals surface area contributed by atoms with Crippen LogP contribution in [0.5, 0.6) is 0 Å². The number of benzene rings is 3. The van der Waals surface area contributed by atoms with Crippen LogP contribution in [0.25, 0.3) is 22.0 Å². The van der Waals surface area contributed by atoms with Crippen molar-refractivity contribution in [3.63, 3.8) is 0 Å².